The van der Waals surface area contributed by atoms with Gasteiger partial charge in [-0.3, -0.25) is 4.68 Å². The van der Waals surface area contributed by atoms with Crippen molar-refractivity contribution >= 4 is 21.6 Å². The normalized spacial score (nSPS) is 16.4. The third-order valence-electron chi connectivity index (χ3n) is 3.05. The van der Waals surface area contributed by atoms with Gasteiger partial charge >= 0.3 is 0 Å². The summed E-state index contributed by atoms with van der Waals surface area (Å²) in [7, 11) is -1.75. The molecule has 0 aliphatic heterocycles. The fourth-order valence-electron chi connectivity index (χ4n) is 1.76. The summed E-state index contributed by atoms with van der Waals surface area (Å²) >= 11 is 5.60. The first-order valence-corrected chi connectivity index (χ1v) is 8.06. The monoisotopic (exact) mass is 291 g/mol. The molecular weight excluding hydrogens is 274 g/mol. The lowest BCUT2D eigenvalue weighted by Crippen LogP contribution is -2.28. The van der Waals surface area contributed by atoms with E-state index in [1.807, 2.05) is 0 Å². The maximum Gasteiger partial charge on any atom is 0.245 e. The third-order valence-corrected chi connectivity index (χ3v) is 5.09. The zero-order chi connectivity index (χ0) is 13.2. The second-order valence-corrected chi connectivity index (χ2v) is 7.13. The predicted octanol–water partition coefficient (Wildman–Crippen LogP) is 1.54. The van der Waals surface area contributed by atoms with Crippen molar-refractivity contribution in [3.8, 4) is 0 Å². The number of aryl methyl sites for hydroxylation is 1. The Kier molecular flexibility index (Phi) is 4.29. The Hall–Kier alpha value is -0.590. The highest BCUT2D eigenvalue weighted by Gasteiger charge is 2.29. The van der Waals surface area contributed by atoms with Crippen molar-refractivity contribution in [3.05, 3.63) is 12.4 Å². The van der Waals surface area contributed by atoms with Crippen LogP contribution in [0.1, 0.15) is 19.3 Å². The van der Waals surface area contributed by atoms with Crippen LogP contribution in [0.2, 0.25) is 0 Å². The number of rotatable bonds is 7. The van der Waals surface area contributed by atoms with Crippen LogP contribution in [0.4, 0.5) is 0 Å². The van der Waals surface area contributed by atoms with E-state index in [0.29, 0.717) is 24.9 Å². The summed E-state index contributed by atoms with van der Waals surface area (Å²) in [6.45, 7) is 1.25. The minimum Gasteiger partial charge on any atom is -0.271 e. The SMILES string of the molecule is CN(CC1CC1)S(=O)(=O)c1cnn(CCCCl)c1. The molecule has 18 heavy (non-hydrogen) atoms. The molecule has 0 amide bonds. The van der Waals surface area contributed by atoms with Gasteiger partial charge in [-0.25, -0.2) is 12.7 Å². The number of nitrogens with zero attached hydrogens (tertiary/aromatic N) is 3. The fourth-order valence-corrected chi connectivity index (χ4v) is 3.09. The average Bonchev–Trinajstić information content (AvgIpc) is 3.01. The molecule has 0 saturated heterocycles. The number of halogens is 1. The summed E-state index contributed by atoms with van der Waals surface area (Å²) < 4.78 is 27.5. The summed E-state index contributed by atoms with van der Waals surface area (Å²) in [5.74, 6) is 1.08. The molecule has 7 heteroatoms. The van der Waals surface area contributed by atoms with Gasteiger partial charge in [0.1, 0.15) is 4.90 Å². The highest BCUT2D eigenvalue weighted by molar-refractivity contribution is 7.89. The van der Waals surface area contributed by atoms with Gasteiger partial charge in [0.05, 0.1) is 6.20 Å². The summed E-state index contributed by atoms with van der Waals surface area (Å²) in [5, 5.41) is 4.05. The molecule has 1 aliphatic carbocycles. The Balaban J connectivity index is 2.05. The molecule has 0 spiro atoms. The lowest BCUT2D eigenvalue weighted by atomic mass is 10.4. The molecule has 0 unspecified atom stereocenters. The Morgan fingerprint density at radius 3 is 2.89 bits per heavy atom. The third kappa shape index (κ3) is 3.24. The average molecular weight is 292 g/mol. The summed E-state index contributed by atoms with van der Waals surface area (Å²) in [6.07, 6.45) is 6.03. The van der Waals surface area contributed by atoms with Crippen LogP contribution in [-0.2, 0) is 16.6 Å². The van der Waals surface area contributed by atoms with Gasteiger partial charge in [0, 0.05) is 32.2 Å². The maximum atomic E-state index is 12.2. The quantitative estimate of drug-likeness (QED) is 0.716. The van der Waals surface area contributed by atoms with E-state index in [2.05, 4.69) is 5.10 Å². The van der Waals surface area contributed by atoms with Gasteiger partial charge in [-0.2, -0.15) is 5.10 Å². The highest BCUT2D eigenvalue weighted by Crippen LogP contribution is 2.30. The second kappa shape index (κ2) is 5.59. The summed E-state index contributed by atoms with van der Waals surface area (Å²) in [4.78, 5) is 0.264. The molecule has 0 atom stereocenters. The fraction of sp³-hybridized carbons (Fsp3) is 0.727. The van der Waals surface area contributed by atoms with Crippen molar-refractivity contribution in [2.24, 2.45) is 5.92 Å². The summed E-state index contributed by atoms with van der Waals surface area (Å²) in [6, 6.07) is 0. The Morgan fingerprint density at radius 2 is 2.28 bits per heavy atom. The van der Waals surface area contributed by atoms with E-state index in [1.54, 1.807) is 17.9 Å². The lowest BCUT2D eigenvalue weighted by molar-refractivity contribution is 0.452. The number of sulfonamides is 1. The van der Waals surface area contributed by atoms with Crippen LogP contribution >= 0.6 is 11.6 Å². The van der Waals surface area contributed by atoms with Crippen molar-refractivity contribution < 1.29 is 8.42 Å². The van der Waals surface area contributed by atoms with Gasteiger partial charge in [0.15, 0.2) is 0 Å². The molecule has 1 heterocycles. The van der Waals surface area contributed by atoms with Crippen molar-refractivity contribution in [3.63, 3.8) is 0 Å². The molecular formula is C11H18ClN3O2S. The Labute approximate surface area is 113 Å². The van der Waals surface area contributed by atoms with Crippen LogP contribution in [0, 0.1) is 5.92 Å². The van der Waals surface area contributed by atoms with Crippen molar-refractivity contribution in [1.82, 2.24) is 14.1 Å². The standard InChI is InChI=1S/C11H18ClN3O2S/c1-14(8-10-3-4-10)18(16,17)11-7-13-15(9-11)6-2-5-12/h7,9-10H,2-6,8H2,1H3. The van der Waals surface area contributed by atoms with Crippen LogP contribution in [0.15, 0.2) is 17.3 Å². The molecule has 0 N–H and O–H groups in total. The lowest BCUT2D eigenvalue weighted by Gasteiger charge is -2.15. The first-order valence-electron chi connectivity index (χ1n) is 6.09. The summed E-state index contributed by atoms with van der Waals surface area (Å²) in [5.41, 5.74) is 0. The molecule has 0 bridgehead atoms. The molecule has 0 radical (unpaired) electrons. The van der Waals surface area contributed by atoms with E-state index in [0.717, 1.165) is 19.3 Å². The molecule has 2 rings (SSSR count). The number of hydrogen-bond acceptors (Lipinski definition) is 3. The first kappa shape index (κ1) is 13.8. The number of hydrogen-bond donors (Lipinski definition) is 0. The smallest absolute Gasteiger partial charge is 0.245 e. The van der Waals surface area contributed by atoms with E-state index < -0.39 is 10.0 Å². The second-order valence-electron chi connectivity index (χ2n) is 4.71. The van der Waals surface area contributed by atoms with Crippen LogP contribution in [-0.4, -0.2) is 42.0 Å². The molecule has 102 valence electrons. The first-order chi connectivity index (χ1) is 8.54. The molecule has 5 nitrogen and oxygen atoms in total. The van der Waals surface area contributed by atoms with Crippen molar-refractivity contribution in [2.75, 3.05) is 19.5 Å². The van der Waals surface area contributed by atoms with E-state index in [1.165, 1.54) is 10.5 Å². The van der Waals surface area contributed by atoms with Crippen molar-refractivity contribution in [2.45, 2.75) is 30.7 Å². The van der Waals surface area contributed by atoms with Crippen LogP contribution in [0.5, 0.6) is 0 Å². The number of aromatic nitrogens is 2. The van der Waals surface area contributed by atoms with E-state index in [4.69, 9.17) is 11.6 Å². The van der Waals surface area contributed by atoms with E-state index in [-0.39, 0.29) is 4.90 Å². The maximum absolute atomic E-state index is 12.2. The topological polar surface area (TPSA) is 55.2 Å². The molecule has 1 aromatic rings. The van der Waals surface area contributed by atoms with Crippen LogP contribution in [0.25, 0.3) is 0 Å². The van der Waals surface area contributed by atoms with Crippen molar-refractivity contribution in [1.29, 1.82) is 0 Å². The van der Waals surface area contributed by atoms with Gasteiger partial charge < -0.3 is 0 Å². The van der Waals surface area contributed by atoms with Gasteiger partial charge in [0.2, 0.25) is 10.0 Å². The number of alkyl halides is 1. The predicted molar refractivity (Wildman–Crippen MR) is 70.1 cm³/mol. The Bertz CT molecular complexity index is 496. The van der Waals surface area contributed by atoms with Gasteiger partial charge in [0.25, 0.3) is 0 Å². The highest BCUT2D eigenvalue weighted by atomic mass is 35.5. The van der Waals surface area contributed by atoms with E-state index >= 15 is 0 Å². The van der Waals surface area contributed by atoms with E-state index in [9.17, 15) is 8.42 Å². The molecule has 1 fully saturated rings. The molecule has 1 aromatic heterocycles. The molecule has 1 aliphatic rings. The minimum atomic E-state index is -3.38. The molecule has 0 aromatic carbocycles. The van der Waals surface area contributed by atoms with Gasteiger partial charge in [-0.05, 0) is 25.2 Å². The van der Waals surface area contributed by atoms with Gasteiger partial charge in [-0.1, -0.05) is 0 Å². The Morgan fingerprint density at radius 1 is 1.56 bits per heavy atom. The minimum absolute atomic E-state index is 0.264. The zero-order valence-corrected chi connectivity index (χ0v) is 12.0. The van der Waals surface area contributed by atoms with Crippen LogP contribution < -0.4 is 0 Å². The van der Waals surface area contributed by atoms with Crippen LogP contribution in [0.3, 0.4) is 0 Å². The van der Waals surface area contributed by atoms with Gasteiger partial charge in [-0.15, -0.1) is 11.6 Å². The largest absolute Gasteiger partial charge is 0.271 e. The zero-order valence-electron chi connectivity index (χ0n) is 10.4. The molecule has 1 saturated carbocycles.